The van der Waals surface area contributed by atoms with Crippen LogP contribution < -0.4 is 14.8 Å². The maximum absolute atomic E-state index is 11.5. The molecule has 0 unspecified atom stereocenters. The van der Waals surface area contributed by atoms with Gasteiger partial charge in [0.1, 0.15) is 5.60 Å². The molecule has 1 aliphatic rings. The molecule has 1 aromatic rings. The van der Waals surface area contributed by atoms with Crippen molar-refractivity contribution >= 4 is 6.09 Å². The van der Waals surface area contributed by atoms with Crippen LogP contribution in [0, 0.1) is 0 Å². The molecule has 0 saturated heterocycles. The van der Waals surface area contributed by atoms with E-state index >= 15 is 0 Å². The maximum atomic E-state index is 11.5. The Hall–Kier alpha value is -1.71. The highest BCUT2D eigenvalue weighted by atomic mass is 16.6. The molecule has 4 heteroatoms. The number of carbonyl (C=O) groups is 1. The third-order valence-corrected chi connectivity index (χ3v) is 2.96. The largest absolute Gasteiger partial charge is 0.484 e. The summed E-state index contributed by atoms with van der Waals surface area (Å²) >= 11 is 0. The van der Waals surface area contributed by atoms with Crippen molar-refractivity contribution in [3.8, 4) is 11.5 Å². The van der Waals surface area contributed by atoms with Gasteiger partial charge in [-0.3, -0.25) is 0 Å². The molecule has 1 N–H and O–H groups in total. The number of hydrogen-bond donors (Lipinski definition) is 1. The molecule has 4 nitrogen and oxygen atoms in total. The van der Waals surface area contributed by atoms with Crippen molar-refractivity contribution in [2.75, 3.05) is 6.54 Å². The van der Waals surface area contributed by atoms with Gasteiger partial charge in [0.25, 0.3) is 0 Å². The topological polar surface area (TPSA) is 47.6 Å². The Morgan fingerprint density at radius 1 is 1.50 bits per heavy atom. The molecule has 1 heterocycles. The van der Waals surface area contributed by atoms with Gasteiger partial charge >= 0.3 is 6.09 Å². The van der Waals surface area contributed by atoms with Gasteiger partial charge in [0.15, 0.2) is 11.5 Å². The normalized spacial score (nSPS) is 16.4. The van der Waals surface area contributed by atoms with Crippen LogP contribution in [0.1, 0.15) is 32.8 Å². The second-order valence-corrected chi connectivity index (χ2v) is 5.03. The summed E-state index contributed by atoms with van der Waals surface area (Å²) in [6, 6.07) is 5.65. The Labute approximate surface area is 107 Å². The highest BCUT2D eigenvalue weighted by Gasteiger charge is 2.29. The first-order chi connectivity index (χ1) is 8.52. The molecule has 1 amide bonds. The molecule has 0 fully saturated rings. The van der Waals surface area contributed by atoms with E-state index in [2.05, 4.69) is 5.32 Å². The molecule has 1 aliphatic heterocycles. The SMILES string of the molecule is CCNC(=O)Oc1cccc2c1OC(C)(C)CC2. The number of rotatable bonds is 2. The summed E-state index contributed by atoms with van der Waals surface area (Å²) in [6.45, 7) is 6.47. The van der Waals surface area contributed by atoms with Crippen LogP contribution in [0.25, 0.3) is 0 Å². The van der Waals surface area contributed by atoms with Crippen molar-refractivity contribution in [2.24, 2.45) is 0 Å². The predicted molar refractivity (Wildman–Crippen MR) is 69.2 cm³/mol. The van der Waals surface area contributed by atoms with Gasteiger partial charge in [-0.2, -0.15) is 0 Å². The highest BCUT2D eigenvalue weighted by molar-refractivity contribution is 5.71. The van der Waals surface area contributed by atoms with Crippen molar-refractivity contribution in [2.45, 2.75) is 39.2 Å². The van der Waals surface area contributed by atoms with Gasteiger partial charge < -0.3 is 14.8 Å². The van der Waals surface area contributed by atoms with E-state index in [1.807, 2.05) is 32.9 Å². The van der Waals surface area contributed by atoms with Crippen molar-refractivity contribution in [1.29, 1.82) is 0 Å². The number of benzene rings is 1. The fourth-order valence-corrected chi connectivity index (χ4v) is 2.00. The monoisotopic (exact) mass is 249 g/mol. The second-order valence-electron chi connectivity index (χ2n) is 5.03. The fraction of sp³-hybridized carbons (Fsp3) is 0.500. The number of nitrogens with one attached hydrogen (secondary N) is 1. The van der Waals surface area contributed by atoms with Crippen molar-refractivity contribution < 1.29 is 14.3 Å². The van der Waals surface area contributed by atoms with E-state index in [1.165, 1.54) is 0 Å². The van der Waals surface area contributed by atoms with Gasteiger partial charge in [-0.15, -0.1) is 0 Å². The molecular formula is C14H19NO3. The minimum Gasteiger partial charge on any atom is -0.484 e. The number of fused-ring (bicyclic) bond motifs is 1. The summed E-state index contributed by atoms with van der Waals surface area (Å²) < 4.78 is 11.2. The van der Waals surface area contributed by atoms with Crippen LogP contribution in [0.4, 0.5) is 4.79 Å². The number of hydrogen-bond acceptors (Lipinski definition) is 3. The number of ether oxygens (including phenoxy) is 2. The molecule has 1 aromatic carbocycles. The van der Waals surface area contributed by atoms with Gasteiger partial charge in [-0.1, -0.05) is 12.1 Å². The first kappa shape index (κ1) is 12.7. The van der Waals surface area contributed by atoms with Gasteiger partial charge in [0, 0.05) is 6.54 Å². The molecule has 0 atom stereocenters. The van der Waals surface area contributed by atoms with Gasteiger partial charge in [0.05, 0.1) is 0 Å². The molecule has 0 aromatic heterocycles. The molecule has 0 spiro atoms. The Morgan fingerprint density at radius 3 is 3.00 bits per heavy atom. The van der Waals surface area contributed by atoms with Crippen molar-refractivity contribution in [3.63, 3.8) is 0 Å². The van der Waals surface area contributed by atoms with E-state index in [4.69, 9.17) is 9.47 Å². The van der Waals surface area contributed by atoms with Crippen LogP contribution in [0.3, 0.4) is 0 Å². The molecule has 2 rings (SSSR count). The molecule has 98 valence electrons. The van der Waals surface area contributed by atoms with Crippen LogP contribution in [0.5, 0.6) is 11.5 Å². The number of para-hydroxylation sites is 1. The van der Waals surface area contributed by atoms with Gasteiger partial charge in [-0.05, 0) is 45.2 Å². The van der Waals surface area contributed by atoms with Gasteiger partial charge in [0.2, 0.25) is 0 Å². The lowest BCUT2D eigenvalue weighted by atomic mass is 9.94. The van der Waals surface area contributed by atoms with Crippen LogP contribution in [-0.4, -0.2) is 18.2 Å². The minimum atomic E-state index is -0.446. The second kappa shape index (κ2) is 4.88. The van der Waals surface area contributed by atoms with Gasteiger partial charge in [-0.25, -0.2) is 4.79 Å². The number of carbonyl (C=O) groups excluding carboxylic acids is 1. The van der Waals surface area contributed by atoms with E-state index in [0.717, 1.165) is 18.4 Å². The summed E-state index contributed by atoms with van der Waals surface area (Å²) in [5, 5.41) is 2.60. The van der Waals surface area contributed by atoms with Crippen LogP contribution >= 0.6 is 0 Å². The summed E-state index contributed by atoms with van der Waals surface area (Å²) in [4.78, 5) is 11.5. The van der Waals surface area contributed by atoms with Crippen molar-refractivity contribution in [3.05, 3.63) is 23.8 Å². The molecule has 0 bridgehead atoms. The first-order valence-electron chi connectivity index (χ1n) is 6.28. The molecular weight excluding hydrogens is 230 g/mol. The summed E-state index contributed by atoms with van der Waals surface area (Å²) in [7, 11) is 0. The third-order valence-electron chi connectivity index (χ3n) is 2.96. The maximum Gasteiger partial charge on any atom is 0.412 e. The highest BCUT2D eigenvalue weighted by Crippen LogP contribution is 2.39. The fourth-order valence-electron chi connectivity index (χ4n) is 2.00. The lowest BCUT2D eigenvalue weighted by Crippen LogP contribution is -2.33. The van der Waals surface area contributed by atoms with Crippen LogP contribution in [0.15, 0.2) is 18.2 Å². The lowest BCUT2D eigenvalue weighted by molar-refractivity contribution is 0.0804. The zero-order chi connectivity index (χ0) is 13.2. The quantitative estimate of drug-likeness (QED) is 0.876. The lowest BCUT2D eigenvalue weighted by Gasteiger charge is -2.33. The minimum absolute atomic E-state index is 0.215. The van der Waals surface area contributed by atoms with Crippen LogP contribution in [0.2, 0.25) is 0 Å². The summed E-state index contributed by atoms with van der Waals surface area (Å²) in [5.74, 6) is 1.19. The number of aryl methyl sites for hydroxylation is 1. The Bertz CT molecular complexity index is 454. The van der Waals surface area contributed by atoms with E-state index in [0.29, 0.717) is 18.0 Å². The third kappa shape index (κ3) is 2.75. The predicted octanol–water partition coefficient (Wildman–Crippen LogP) is 2.90. The average Bonchev–Trinajstić information content (AvgIpc) is 2.29. The van der Waals surface area contributed by atoms with E-state index in [-0.39, 0.29) is 5.60 Å². The summed E-state index contributed by atoms with van der Waals surface area (Å²) in [6.07, 6.45) is 1.46. The smallest absolute Gasteiger partial charge is 0.412 e. The standard InChI is InChI=1S/C14H19NO3/c1-4-15-13(16)17-11-7-5-6-10-8-9-14(2,3)18-12(10)11/h5-7H,4,8-9H2,1-3H3,(H,15,16). The first-order valence-corrected chi connectivity index (χ1v) is 6.28. The van der Waals surface area contributed by atoms with E-state index in [9.17, 15) is 4.79 Å². The van der Waals surface area contributed by atoms with Crippen molar-refractivity contribution in [1.82, 2.24) is 5.32 Å². The van der Waals surface area contributed by atoms with Crippen LogP contribution in [-0.2, 0) is 6.42 Å². The number of amides is 1. The van der Waals surface area contributed by atoms with E-state index in [1.54, 1.807) is 6.07 Å². The summed E-state index contributed by atoms with van der Waals surface area (Å²) in [5.41, 5.74) is 0.879. The molecule has 18 heavy (non-hydrogen) atoms. The Balaban J connectivity index is 2.24. The zero-order valence-electron chi connectivity index (χ0n) is 11.1. The molecule has 0 radical (unpaired) electrons. The van der Waals surface area contributed by atoms with E-state index < -0.39 is 6.09 Å². The Kier molecular flexibility index (Phi) is 3.45. The molecule has 0 aliphatic carbocycles. The zero-order valence-corrected chi connectivity index (χ0v) is 11.1. The average molecular weight is 249 g/mol. The Morgan fingerprint density at radius 2 is 2.28 bits per heavy atom. The molecule has 0 saturated carbocycles.